The van der Waals surface area contributed by atoms with E-state index >= 15 is 0 Å². The van der Waals surface area contributed by atoms with Crippen molar-refractivity contribution >= 4 is 38.9 Å². The Kier molecular flexibility index (Phi) is 8.20. The van der Waals surface area contributed by atoms with Gasteiger partial charge in [-0.1, -0.05) is 166 Å². The first kappa shape index (κ1) is 34.8. The summed E-state index contributed by atoms with van der Waals surface area (Å²) in [6.45, 7) is 4.71. The largest absolute Gasteiger partial charge is 0.310 e. The Bertz CT molecular complexity index is 3150. The third-order valence-electron chi connectivity index (χ3n) is 12.4. The summed E-state index contributed by atoms with van der Waals surface area (Å²) in [7, 11) is 0. The molecule has 11 rings (SSSR count). The molecule has 0 atom stereocenters. The molecule has 2 nitrogen and oxygen atoms in total. The van der Waals surface area contributed by atoms with Crippen molar-refractivity contribution in [2.45, 2.75) is 19.3 Å². The molecule has 0 amide bonds. The minimum Gasteiger partial charge on any atom is -0.310 e. The first-order chi connectivity index (χ1) is 29.0. The van der Waals surface area contributed by atoms with Gasteiger partial charge in [0.2, 0.25) is 0 Å². The van der Waals surface area contributed by atoms with E-state index < -0.39 is 0 Å². The number of nitrogens with zero attached hydrogens (tertiary/aromatic N) is 2. The Hall–Kier alpha value is -7.42. The van der Waals surface area contributed by atoms with Crippen LogP contribution in [0, 0.1) is 0 Å². The van der Waals surface area contributed by atoms with Crippen molar-refractivity contribution in [2.24, 2.45) is 0 Å². The van der Waals surface area contributed by atoms with Gasteiger partial charge < -0.3 is 9.47 Å². The van der Waals surface area contributed by atoms with Gasteiger partial charge >= 0.3 is 0 Å². The zero-order valence-electron chi connectivity index (χ0n) is 33.2. The Balaban J connectivity index is 1.01. The van der Waals surface area contributed by atoms with E-state index in [0.29, 0.717) is 0 Å². The van der Waals surface area contributed by atoms with Crippen molar-refractivity contribution in [1.29, 1.82) is 0 Å². The topological polar surface area (TPSA) is 8.17 Å². The monoisotopic (exact) mass is 754 g/mol. The number of anilines is 3. The van der Waals surface area contributed by atoms with Gasteiger partial charge in [-0.3, -0.25) is 0 Å². The molecule has 0 saturated carbocycles. The number of aromatic nitrogens is 1. The molecule has 0 aliphatic heterocycles. The number of rotatable bonds is 7. The fourth-order valence-corrected chi connectivity index (χ4v) is 9.48. The average molecular weight is 755 g/mol. The second kappa shape index (κ2) is 13.9. The van der Waals surface area contributed by atoms with E-state index in [1.54, 1.807) is 0 Å². The molecular weight excluding hydrogens is 713 g/mol. The predicted molar refractivity (Wildman–Crippen MR) is 249 cm³/mol. The summed E-state index contributed by atoms with van der Waals surface area (Å²) in [6.07, 6.45) is 0. The van der Waals surface area contributed by atoms with Crippen LogP contribution in [0.5, 0.6) is 0 Å². The normalized spacial score (nSPS) is 12.7. The molecule has 0 bridgehead atoms. The van der Waals surface area contributed by atoms with E-state index in [4.69, 9.17) is 0 Å². The minimum absolute atomic E-state index is 0.106. The number of para-hydroxylation sites is 2. The molecule has 0 radical (unpaired) electrons. The lowest BCUT2D eigenvalue weighted by molar-refractivity contribution is 0.660. The Morgan fingerprint density at radius 1 is 0.339 bits per heavy atom. The molecule has 0 unspecified atom stereocenters. The van der Waals surface area contributed by atoms with Crippen molar-refractivity contribution in [1.82, 2.24) is 4.57 Å². The number of fused-ring (bicyclic) bond motifs is 6. The predicted octanol–water partition coefficient (Wildman–Crippen LogP) is 15.6. The molecule has 59 heavy (non-hydrogen) atoms. The quantitative estimate of drug-likeness (QED) is 0.157. The highest BCUT2D eigenvalue weighted by molar-refractivity contribution is 6.10. The molecule has 1 aliphatic carbocycles. The van der Waals surface area contributed by atoms with E-state index in [1.807, 2.05) is 0 Å². The molecule has 280 valence electrons. The van der Waals surface area contributed by atoms with Crippen LogP contribution < -0.4 is 4.90 Å². The van der Waals surface area contributed by atoms with Gasteiger partial charge in [-0.15, -0.1) is 0 Å². The lowest BCUT2D eigenvalue weighted by Crippen LogP contribution is -2.16. The van der Waals surface area contributed by atoms with Crippen molar-refractivity contribution < 1.29 is 0 Å². The van der Waals surface area contributed by atoms with Gasteiger partial charge in [-0.25, -0.2) is 0 Å². The summed E-state index contributed by atoms with van der Waals surface area (Å²) in [6, 6.07) is 79.7. The summed E-state index contributed by atoms with van der Waals surface area (Å²) >= 11 is 0. The number of hydrogen-bond donors (Lipinski definition) is 0. The SMILES string of the molecule is CC1(C)c2ccccc2-c2ccc(N(c3ccc(-c4ccc5c(c4)c4ccccc4n5-c4ccccc4)cc3)c3ccc(-c4ccccc4-c4ccccc4)cc3)cc21. The average Bonchev–Trinajstić information content (AvgIpc) is 3.75. The second-order valence-electron chi connectivity index (χ2n) is 16.2. The third kappa shape index (κ3) is 5.79. The van der Waals surface area contributed by atoms with E-state index in [1.165, 1.54) is 83.1 Å². The Labute approximate surface area is 345 Å². The van der Waals surface area contributed by atoms with E-state index in [2.05, 4.69) is 242 Å². The molecule has 2 heteroatoms. The Morgan fingerprint density at radius 2 is 0.847 bits per heavy atom. The first-order valence-corrected chi connectivity index (χ1v) is 20.5. The standard InChI is InChI=1S/C57H42N2/c1-57(2)53-23-13-11-21-49(53)50-35-34-46(38-54(50)57)58(45-32-27-41(28-33-45)48-20-10-9-19-47(48)40-15-5-3-6-16-40)44-30-25-39(26-31-44)42-29-36-56-52(37-42)51-22-12-14-24-55(51)59(56)43-17-7-4-8-18-43/h3-38H,1-2H3. The zero-order valence-corrected chi connectivity index (χ0v) is 33.2. The van der Waals surface area contributed by atoms with Gasteiger partial charge in [-0.05, 0) is 122 Å². The summed E-state index contributed by atoms with van der Waals surface area (Å²) in [5, 5.41) is 2.51. The highest BCUT2D eigenvalue weighted by Gasteiger charge is 2.35. The van der Waals surface area contributed by atoms with Crippen LogP contribution in [0.25, 0.3) is 72.0 Å². The first-order valence-electron chi connectivity index (χ1n) is 20.5. The minimum atomic E-state index is -0.106. The fourth-order valence-electron chi connectivity index (χ4n) is 9.48. The van der Waals surface area contributed by atoms with E-state index in [9.17, 15) is 0 Å². The summed E-state index contributed by atoms with van der Waals surface area (Å²) in [5.74, 6) is 0. The number of benzene rings is 9. The molecule has 1 aliphatic rings. The van der Waals surface area contributed by atoms with E-state index in [0.717, 1.165) is 17.1 Å². The van der Waals surface area contributed by atoms with Gasteiger partial charge in [-0.2, -0.15) is 0 Å². The van der Waals surface area contributed by atoms with Gasteiger partial charge in [0.25, 0.3) is 0 Å². The lowest BCUT2D eigenvalue weighted by atomic mass is 9.82. The fraction of sp³-hybridized carbons (Fsp3) is 0.0526. The molecule has 1 heterocycles. The summed E-state index contributed by atoms with van der Waals surface area (Å²) in [5.41, 5.74) is 19.5. The smallest absolute Gasteiger partial charge is 0.0541 e. The van der Waals surface area contributed by atoms with Crippen LogP contribution in [0.1, 0.15) is 25.0 Å². The summed E-state index contributed by atoms with van der Waals surface area (Å²) in [4.78, 5) is 2.41. The third-order valence-corrected chi connectivity index (χ3v) is 12.4. The maximum atomic E-state index is 2.41. The number of hydrogen-bond acceptors (Lipinski definition) is 1. The molecule has 10 aromatic rings. The molecule has 0 N–H and O–H groups in total. The molecular formula is C57H42N2. The highest BCUT2D eigenvalue weighted by Crippen LogP contribution is 2.51. The Morgan fingerprint density at radius 3 is 1.56 bits per heavy atom. The van der Waals surface area contributed by atoms with Crippen LogP contribution in [-0.4, -0.2) is 4.57 Å². The molecule has 0 saturated heterocycles. The van der Waals surface area contributed by atoms with Crippen LogP contribution in [0.15, 0.2) is 218 Å². The zero-order chi connectivity index (χ0) is 39.5. The van der Waals surface area contributed by atoms with Crippen molar-refractivity contribution in [2.75, 3.05) is 4.90 Å². The molecule has 1 aromatic heterocycles. The maximum Gasteiger partial charge on any atom is 0.0541 e. The van der Waals surface area contributed by atoms with Gasteiger partial charge in [0.1, 0.15) is 0 Å². The van der Waals surface area contributed by atoms with Gasteiger partial charge in [0.15, 0.2) is 0 Å². The van der Waals surface area contributed by atoms with E-state index in [-0.39, 0.29) is 5.41 Å². The second-order valence-corrected chi connectivity index (χ2v) is 16.2. The summed E-state index contributed by atoms with van der Waals surface area (Å²) < 4.78 is 2.37. The van der Waals surface area contributed by atoms with Crippen LogP contribution in [0.2, 0.25) is 0 Å². The molecule has 0 fully saturated rings. The van der Waals surface area contributed by atoms with Crippen LogP contribution in [0.3, 0.4) is 0 Å². The van der Waals surface area contributed by atoms with Gasteiger partial charge in [0.05, 0.1) is 11.0 Å². The highest BCUT2D eigenvalue weighted by atomic mass is 15.1. The van der Waals surface area contributed by atoms with Crippen molar-refractivity contribution in [3.05, 3.63) is 230 Å². The van der Waals surface area contributed by atoms with Gasteiger partial charge in [0, 0.05) is 38.9 Å². The molecule has 0 spiro atoms. The van der Waals surface area contributed by atoms with Crippen LogP contribution in [-0.2, 0) is 5.41 Å². The van der Waals surface area contributed by atoms with Crippen molar-refractivity contribution in [3.63, 3.8) is 0 Å². The van der Waals surface area contributed by atoms with Crippen molar-refractivity contribution in [3.8, 4) is 50.2 Å². The lowest BCUT2D eigenvalue weighted by Gasteiger charge is -2.28. The maximum absolute atomic E-state index is 2.41. The van der Waals surface area contributed by atoms with Crippen LogP contribution >= 0.6 is 0 Å². The molecule has 9 aromatic carbocycles. The van der Waals surface area contributed by atoms with Crippen LogP contribution in [0.4, 0.5) is 17.1 Å².